The van der Waals surface area contributed by atoms with Crippen LogP contribution < -0.4 is 5.32 Å². The largest absolute Gasteiger partial charge is 0.354 e. The average Bonchev–Trinajstić information content (AvgIpc) is 2.80. The average molecular weight is 526 g/mol. The Kier molecular flexibility index (Phi) is 11.1. The van der Waals surface area contributed by atoms with Gasteiger partial charge in [-0.2, -0.15) is 0 Å². The second kappa shape index (κ2) is 13.6. The molecule has 0 spiro atoms. The molecule has 184 valence electrons. The second-order valence-corrected chi connectivity index (χ2v) is 10.0. The number of carbonyl (C=O) groups excluding carboxylic acids is 2. The van der Waals surface area contributed by atoms with Crippen LogP contribution in [0.15, 0.2) is 42.5 Å². The van der Waals surface area contributed by atoms with Crippen molar-refractivity contribution in [2.45, 2.75) is 45.5 Å². The lowest BCUT2D eigenvalue weighted by Crippen LogP contribution is -2.50. The highest BCUT2D eigenvalue weighted by Gasteiger charge is 2.28. The number of halogens is 2. The molecule has 2 amide bonds. The number of nitrogens with zero attached hydrogens (tertiary/aromatic N) is 2. The van der Waals surface area contributed by atoms with Crippen molar-refractivity contribution in [2.24, 2.45) is 5.92 Å². The molecule has 0 saturated carbocycles. The molecule has 1 N–H and O–H groups in total. The number of nitro groups is 1. The Hall–Kier alpha value is -2.29. The van der Waals surface area contributed by atoms with Gasteiger partial charge in [0, 0.05) is 31.0 Å². The summed E-state index contributed by atoms with van der Waals surface area (Å²) < 4.78 is 0. The summed E-state index contributed by atoms with van der Waals surface area (Å²) in [7, 11) is 0. The van der Waals surface area contributed by atoms with Crippen LogP contribution in [-0.4, -0.2) is 40.0 Å². The number of non-ortho nitro benzene ring substituents is 1. The molecule has 34 heavy (non-hydrogen) atoms. The van der Waals surface area contributed by atoms with Crippen molar-refractivity contribution in [3.63, 3.8) is 0 Å². The minimum atomic E-state index is -0.624. The highest BCUT2D eigenvalue weighted by Crippen LogP contribution is 2.25. The predicted molar refractivity (Wildman–Crippen MR) is 138 cm³/mol. The molecular weight excluding hydrogens is 497 g/mol. The van der Waals surface area contributed by atoms with Crippen LogP contribution in [-0.2, 0) is 21.9 Å². The number of hydrogen-bond donors (Lipinski definition) is 1. The molecule has 2 aromatic rings. The predicted octanol–water partition coefficient (Wildman–Crippen LogP) is 5.71. The second-order valence-electron chi connectivity index (χ2n) is 8.25. The number of amides is 2. The number of nitro benzene ring substituents is 1. The molecule has 0 unspecified atom stereocenters. The normalized spacial score (nSPS) is 11.8. The van der Waals surface area contributed by atoms with Crippen LogP contribution >= 0.6 is 35.0 Å². The molecule has 2 aromatic carbocycles. The molecule has 0 aromatic heterocycles. The fourth-order valence-corrected chi connectivity index (χ4v) is 4.42. The Balaban J connectivity index is 2.13. The van der Waals surface area contributed by atoms with E-state index in [2.05, 4.69) is 5.32 Å². The Morgan fingerprint density at radius 2 is 1.74 bits per heavy atom. The Bertz CT molecular complexity index is 1000. The Morgan fingerprint density at radius 1 is 1.09 bits per heavy atom. The molecule has 0 heterocycles. The van der Waals surface area contributed by atoms with Gasteiger partial charge in [-0.25, -0.2) is 0 Å². The summed E-state index contributed by atoms with van der Waals surface area (Å²) in [6.07, 6.45) is 0.462. The molecule has 10 heteroatoms. The van der Waals surface area contributed by atoms with Gasteiger partial charge in [0.15, 0.2) is 0 Å². The minimum Gasteiger partial charge on any atom is -0.354 e. The van der Waals surface area contributed by atoms with Crippen molar-refractivity contribution < 1.29 is 14.5 Å². The number of carbonyl (C=O) groups is 2. The van der Waals surface area contributed by atoms with Crippen molar-refractivity contribution >= 4 is 52.5 Å². The number of hydrogen-bond acceptors (Lipinski definition) is 5. The summed E-state index contributed by atoms with van der Waals surface area (Å²) >= 11 is 13.6. The third-order valence-electron chi connectivity index (χ3n) is 5.05. The smallest absolute Gasteiger partial charge is 0.269 e. The maximum absolute atomic E-state index is 13.3. The first-order valence-electron chi connectivity index (χ1n) is 10.9. The van der Waals surface area contributed by atoms with E-state index in [1.165, 1.54) is 23.9 Å². The van der Waals surface area contributed by atoms with Crippen LogP contribution in [0.25, 0.3) is 0 Å². The van der Waals surface area contributed by atoms with Gasteiger partial charge < -0.3 is 10.2 Å². The van der Waals surface area contributed by atoms with E-state index in [9.17, 15) is 19.7 Å². The number of benzene rings is 2. The van der Waals surface area contributed by atoms with Crippen molar-refractivity contribution in [3.8, 4) is 0 Å². The van der Waals surface area contributed by atoms with Gasteiger partial charge in [-0.3, -0.25) is 19.7 Å². The maximum atomic E-state index is 13.3. The van der Waals surface area contributed by atoms with Crippen LogP contribution in [0.4, 0.5) is 5.69 Å². The third kappa shape index (κ3) is 8.49. The zero-order chi connectivity index (χ0) is 25.3. The van der Waals surface area contributed by atoms with Crippen LogP contribution in [0, 0.1) is 16.0 Å². The standard InChI is InChI=1S/C24H29Cl2N3O4S/c1-4-22(24(31)27-12-16(2)3)28(13-18-7-10-20(25)21(26)11-18)23(30)15-34-14-17-5-8-19(9-6-17)29(32)33/h5-11,16,22H,4,12-15H2,1-3H3,(H,27,31)/t22-/m1/s1. The molecule has 0 aliphatic carbocycles. The summed E-state index contributed by atoms with van der Waals surface area (Å²) in [6, 6.07) is 10.8. The maximum Gasteiger partial charge on any atom is 0.269 e. The van der Waals surface area contributed by atoms with Crippen molar-refractivity contribution in [1.29, 1.82) is 0 Å². The highest BCUT2D eigenvalue weighted by atomic mass is 35.5. The Morgan fingerprint density at radius 3 is 2.29 bits per heavy atom. The third-order valence-corrected chi connectivity index (χ3v) is 6.78. The van der Waals surface area contributed by atoms with Crippen LogP contribution in [0.5, 0.6) is 0 Å². The van der Waals surface area contributed by atoms with Gasteiger partial charge in [0.05, 0.1) is 20.7 Å². The molecule has 0 radical (unpaired) electrons. The van der Waals surface area contributed by atoms with E-state index in [-0.39, 0.29) is 35.7 Å². The Labute approximate surface area is 214 Å². The zero-order valence-electron chi connectivity index (χ0n) is 19.4. The lowest BCUT2D eigenvalue weighted by molar-refractivity contribution is -0.384. The van der Waals surface area contributed by atoms with Crippen molar-refractivity contribution in [1.82, 2.24) is 10.2 Å². The van der Waals surface area contributed by atoms with Crippen molar-refractivity contribution in [2.75, 3.05) is 12.3 Å². The first-order chi connectivity index (χ1) is 16.1. The number of thioether (sulfide) groups is 1. The quantitative estimate of drug-likeness (QED) is 0.282. The molecule has 2 rings (SSSR count). The van der Waals surface area contributed by atoms with E-state index in [0.29, 0.717) is 28.8 Å². The molecule has 0 bridgehead atoms. The summed E-state index contributed by atoms with van der Waals surface area (Å²) in [6.45, 7) is 6.64. The zero-order valence-corrected chi connectivity index (χ0v) is 21.8. The van der Waals surface area contributed by atoms with Gasteiger partial charge in [-0.05, 0) is 35.6 Å². The van der Waals surface area contributed by atoms with Crippen molar-refractivity contribution in [3.05, 3.63) is 73.8 Å². The van der Waals surface area contributed by atoms with Crippen LogP contribution in [0.2, 0.25) is 10.0 Å². The lowest BCUT2D eigenvalue weighted by Gasteiger charge is -2.31. The SMILES string of the molecule is CC[C@H](C(=O)NCC(C)C)N(Cc1ccc(Cl)c(Cl)c1)C(=O)CSCc1ccc([N+](=O)[O-])cc1. The van der Waals surface area contributed by atoms with Gasteiger partial charge in [0.2, 0.25) is 11.8 Å². The first-order valence-corrected chi connectivity index (χ1v) is 12.9. The van der Waals surface area contributed by atoms with Gasteiger partial charge in [-0.15, -0.1) is 11.8 Å². The molecule has 0 aliphatic rings. The molecule has 0 saturated heterocycles. The van der Waals surface area contributed by atoms with E-state index in [4.69, 9.17) is 23.2 Å². The topological polar surface area (TPSA) is 92.6 Å². The van der Waals surface area contributed by atoms with Gasteiger partial charge in [0.25, 0.3) is 5.69 Å². The highest BCUT2D eigenvalue weighted by molar-refractivity contribution is 7.99. The molecule has 0 aliphatic heterocycles. The first kappa shape index (κ1) is 28.0. The minimum absolute atomic E-state index is 0.0239. The summed E-state index contributed by atoms with van der Waals surface area (Å²) in [5.74, 6) is 0.597. The fraction of sp³-hybridized carbons (Fsp3) is 0.417. The van der Waals surface area contributed by atoms with E-state index in [1.54, 1.807) is 35.2 Å². The molecule has 1 atom stereocenters. The van der Waals surface area contributed by atoms with Crippen LogP contribution in [0.1, 0.15) is 38.3 Å². The molecule has 0 fully saturated rings. The van der Waals surface area contributed by atoms with Gasteiger partial charge in [-0.1, -0.05) is 62.2 Å². The molecule has 7 nitrogen and oxygen atoms in total. The van der Waals surface area contributed by atoms with E-state index in [1.807, 2.05) is 20.8 Å². The summed E-state index contributed by atoms with van der Waals surface area (Å²) in [4.78, 5) is 38.1. The van der Waals surface area contributed by atoms with E-state index in [0.717, 1.165) is 11.1 Å². The fourth-order valence-electron chi connectivity index (χ4n) is 3.23. The number of nitrogens with one attached hydrogen (secondary N) is 1. The van der Waals surface area contributed by atoms with Gasteiger partial charge in [0.1, 0.15) is 6.04 Å². The summed E-state index contributed by atoms with van der Waals surface area (Å²) in [5.41, 5.74) is 1.68. The van der Waals surface area contributed by atoms with Crippen LogP contribution in [0.3, 0.4) is 0 Å². The number of rotatable bonds is 12. The monoisotopic (exact) mass is 525 g/mol. The lowest BCUT2D eigenvalue weighted by atomic mass is 10.1. The van der Waals surface area contributed by atoms with E-state index < -0.39 is 11.0 Å². The summed E-state index contributed by atoms with van der Waals surface area (Å²) in [5, 5.41) is 14.5. The van der Waals surface area contributed by atoms with Gasteiger partial charge >= 0.3 is 0 Å². The van der Waals surface area contributed by atoms with E-state index >= 15 is 0 Å². The molecular formula is C24H29Cl2N3O4S.